The molecule has 1 aliphatic carbocycles. The van der Waals surface area contributed by atoms with Gasteiger partial charge < -0.3 is 9.84 Å². The maximum atomic E-state index is 11.6. The third-order valence-corrected chi connectivity index (χ3v) is 2.92. The number of pyridine rings is 1. The van der Waals surface area contributed by atoms with Gasteiger partial charge in [-0.05, 0) is 25.0 Å². The van der Waals surface area contributed by atoms with Gasteiger partial charge in [0.1, 0.15) is 16.5 Å². The van der Waals surface area contributed by atoms with E-state index in [1.807, 2.05) is 0 Å². The number of aliphatic imine (C=N–C) groups is 1. The fourth-order valence-corrected chi connectivity index (χ4v) is 1.61. The number of aliphatic hydroxyl groups is 1. The van der Waals surface area contributed by atoms with Gasteiger partial charge >= 0.3 is 5.97 Å². The van der Waals surface area contributed by atoms with E-state index in [1.54, 1.807) is 12.1 Å². The van der Waals surface area contributed by atoms with E-state index in [9.17, 15) is 9.90 Å². The Kier molecular flexibility index (Phi) is 4.16. The van der Waals surface area contributed by atoms with E-state index in [1.165, 1.54) is 19.5 Å². The number of methoxy groups -OCH3 is 1. The molecule has 0 aromatic carbocycles. The van der Waals surface area contributed by atoms with Crippen LogP contribution < -0.4 is 0 Å². The number of rotatable bonds is 4. The van der Waals surface area contributed by atoms with Gasteiger partial charge in [0.25, 0.3) is 0 Å². The smallest absolute Gasteiger partial charge is 0.342 e. The molecule has 6 heteroatoms. The molecule has 0 saturated heterocycles. The summed E-state index contributed by atoms with van der Waals surface area (Å²) in [5, 5.41) is 10.3. The lowest BCUT2D eigenvalue weighted by Crippen LogP contribution is -2.10. The molecule has 0 aliphatic heterocycles. The van der Waals surface area contributed by atoms with Crippen molar-refractivity contribution in [3.05, 3.63) is 34.8 Å². The van der Waals surface area contributed by atoms with Crippen LogP contribution in [0.25, 0.3) is 0 Å². The van der Waals surface area contributed by atoms with Crippen molar-refractivity contribution in [2.24, 2.45) is 10.9 Å². The Hall–Kier alpha value is -1.88. The fourth-order valence-electron chi connectivity index (χ4n) is 1.49. The van der Waals surface area contributed by atoms with Crippen molar-refractivity contribution < 1.29 is 14.6 Å². The first-order valence-corrected chi connectivity index (χ1v) is 6.16. The number of carbonyl (C=O) groups is 1. The van der Waals surface area contributed by atoms with Crippen molar-refractivity contribution in [3.63, 3.8) is 0 Å². The monoisotopic (exact) mass is 280 g/mol. The van der Waals surface area contributed by atoms with E-state index in [-0.39, 0.29) is 17.3 Å². The molecule has 1 aromatic rings. The van der Waals surface area contributed by atoms with Gasteiger partial charge in [0.2, 0.25) is 0 Å². The Morgan fingerprint density at radius 2 is 2.32 bits per heavy atom. The molecule has 1 aromatic heterocycles. The van der Waals surface area contributed by atoms with Gasteiger partial charge in [0, 0.05) is 12.1 Å². The lowest BCUT2D eigenvalue weighted by molar-refractivity contribution is -0.135. The highest BCUT2D eigenvalue weighted by molar-refractivity contribution is 6.29. The minimum Gasteiger partial charge on any atom is -0.511 e. The predicted molar refractivity (Wildman–Crippen MR) is 71.8 cm³/mol. The molecule has 0 atom stereocenters. The summed E-state index contributed by atoms with van der Waals surface area (Å²) >= 11 is 5.66. The SMILES string of the molecule is COC(=O)C(C=Nc1ccc(Cl)nc1)=C(O)C1CC1. The van der Waals surface area contributed by atoms with Crippen LogP contribution in [0, 0.1) is 5.92 Å². The van der Waals surface area contributed by atoms with Gasteiger partial charge in [0.15, 0.2) is 0 Å². The first-order valence-electron chi connectivity index (χ1n) is 5.79. The molecular weight excluding hydrogens is 268 g/mol. The maximum Gasteiger partial charge on any atom is 0.342 e. The van der Waals surface area contributed by atoms with E-state index in [2.05, 4.69) is 14.7 Å². The molecule has 1 fully saturated rings. The summed E-state index contributed by atoms with van der Waals surface area (Å²) in [4.78, 5) is 19.5. The second-order valence-electron chi connectivity index (χ2n) is 4.16. The molecule has 0 radical (unpaired) electrons. The fraction of sp³-hybridized carbons (Fsp3) is 0.308. The normalized spacial score (nSPS) is 16.3. The van der Waals surface area contributed by atoms with E-state index in [0.29, 0.717) is 10.8 Å². The lowest BCUT2D eigenvalue weighted by Gasteiger charge is -2.03. The van der Waals surface area contributed by atoms with Crippen LogP contribution in [0.3, 0.4) is 0 Å². The first-order chi connectivity index (χ1) is 9.11. The van der Waals surface area contributed by atoms with E-state index >= 15 is 0 Å². The van der Waals surface area contributed by atoms with Gasteiger partial charge in [-0.3, -0.25) is 4.99 Å². The highest BCUT2D eigenvalue weighted by Crippen LogP contribution is 2.36. The summed E-state index contributed by atoms with van der Waals surface area (Å²) < 4.78 is 4.63. The molecule has 0 unspecified atom stereocenters. The quantitative estimate of drug-likeness (QED) is 0.303. The van der Waals surface area contributed by atoms with Gasteiger partial charge in [-0.25, -0.2) is 9.78 Å². The Morgan fingerprint density at radius 3 is 2.84 bits per heavy atom. The largest absolute Gasteiger partial charge is 0.511 e. The van der Waals surface area contributed by atoms with Gasteiger partial charge in [0.05, 0.1) is 19.0 Å². The standard InChI is InChI=1S/C13H13ClN2O3/c1-19-13(18)10(12(17)8-2-3-8)7-15-9-4-5-11(14)16-6-9/h4-8,17H,2-3H2,1H3. The number of carbonyl (C=O) groups excluding carboxylic acids is 1. The van der Waals surface area contributed by atoms with Crippen LogP contribution in [-0.4, -0.2) is 29.4 Å². The summed E-state index contributed by atoms with van der Waals surface area (Å²) in [6.45, 7) is 0. The minimum atomic E-state index is -0.602. The molecule has 1 N–H and O–H groups in total. The van der Waals surface area contributed by atoms with Crippen LogP contribution in [-0.2, 0) is 9.53 Å². The van der Waals surface area contributed by atoms with Crippen LogP contribution >= 0.6 is 11.6 Å². The topological polar surface area (TPSA) is 71.8 Å². The zero-order chi connectivity index (χ0) is 13.8. The molecule has 0 spiro atoms. The van der Waals surface area contributed by atoms with Crippen molar-refractivity contribution in [1.29, 1.82) is 0 Å². The van der Waals surface area contributed by atoms with Gasteiger partial charge in [-0.1, -0.05) is 11.6 Å². The van der Waals surface area contributed by atoms with E-state index < -0.39 is 5.97 Å². The zero-order valence-corrected chi connectivity index (χ0v) is 11.1. The van der Waals surface area contributed by atoms with E-state index in [0.717, 1.165) is 12.8 Å². The van der Waals surface area contributed by atoms with Crippen LogP contribution in [0.1, 0.15) is 12.8 Å². The molecular formula is C13H13ClN2O3. The third kappa shape index (κ3) is 3.54. The highest BCUT2D eigenvalue weighted by Gasteiger charge is 2.30. The lowest BCUT2D eigenvalue weighted by atomic mass is 10.2. The van der Waals surface area contributed by atoms with Crippen molar-refractivity contribution in [2.45, 2.75) is 12.8 Å². The molecule has 0 amide bonds. The third-order valence-electron chi connectivity index (χ3n) is 2.70. The van der Waals surface area contributed by atoms with Crippen molar-refractivity contribution in [2.75, 3.05) is 7.11 Å². The van der Waals surface area contributed by atoms with Crippen molar-refractivity contribution in [3.8, 4) is 0 Å². The van der Waals surface area contributed by atoms with Crippen molar-refractivity contribution >= 4 is 29.5 Å². The molecule has 19 heavy (non-hydrogen) atoms. The predicted octanol–water partition coefficient (Wildman–Crippen LogP) is 2.83. The number of allylic oxidation sites excluding steroid dienone is 1. The number of hydrogen-bond acceptors (Lipinski definition) is 5. The van der Waals surface area contributed by atoms with Crippen molar-refractivity contribution in [1.82, 2.24) is 4.98 Å². The highest BCUT2D eigenvalue weighted by atomic mass is 35.5. The molecule has 100 valence electrons. The molecule has 2 rings (SSSR count). The summed E-state index contributed by atoms with van der Waals surface area (Å²) in [6, 6.07) is 3.26. The Bertz CT molecular complexity index is 533. The first kappa shape index (κ1) is 13.5. The summed E-state index contributed by atoms with van der Waals surface area (Å²) in [6.07, 6.45) is 4.53. The maximum absolute atomic E-state index is 11.6. The minimum absolute atomic E-state index is 0.0394. The average molecular weight is 281 g/mol. The Balaban J connectivity index is 2.23. The second-order valence-corrected chi connectivity index (χ2v) is 4.55. The van der Waals surface area contributed by atoms with Gasteiger partial charge in [-0.15, -0.1) is 0 Å². The number of halogens is 1. The van der Waals surface area contributed by atoms with Crippen LogP contribution in [0.4, 0.5) is 5.69 Å². The molecule has 1 saturated carbocycles. The number of esters is 1. The Labute approximate surface area is 115 Å². The number of ether oxygens (including phenoxy) is 1. The summed E-state index contributed by atoms with van der Waals surface area (Å²) in [7, 11) is 1.26. The van der Waals surface area contributed by atoms with E-state index in [4.69, 9.17) is 11.6 Å². The summed E-state index contributed by atoms with van der Waals surface area (Å²) in [5.74, 6) is -0.517. The number of nitrogens with zero attached hydrogens (tertiary/aromatic N) is 2. The molecule has 5 nitrogen and oxygen atoms in total. The number of aliphatic hydroxyl groups excluding tert-OH is 1. The Morgan fingerprint density at radius 1 is 1.58 bits per heavy atom. The molecule has 0 bridgehead atoms. The number of hydrogen-bond donors (Lipinski definition) is 1. The van der Waals surface area contributed by atoms with Crippen LogP contribution in [0.5, 0.6) is 0 Å². The second kappa shape index (κ2) is 5.84. The summed E-state index contributed by atoms with van der Waals surface area (Å²) in [5.41, 5.74) is 0.620. The van der Waals surface area contributed by atoms with Crippen LogP contribution in [0.2, 0.25) is 5.15 Å². The average Bonchev–Trinajstić information content (AvgIpc) is 3.24. The number of aromatic nitrogens is 1. The zero-order valence-electron chi connectivity index (χ0n) is 10.3. The van der Waals surface area contributed by atoms with Gasteiger partial charge in [-0.2, -0.15) is 0 Å². The molecule has 1 heterocycles. The molecule has 1 aliphatic rings. The van der Waals surface area contributed by atoms with Crippen LogP contribution in [0.15, 0.2) is 34.7 Å².